The average molecular weight is 374 g/mol. The topological polar surface area (TPSA) is 38.7 Å². The van der Waals surface area contributed by atoms with Crippen LogP contribution in [0.3, 0.4) is 0 Å². The van der Waals surface area contributed by atoms with Gasteiger partial charge < -0.3 is 14.6 Å². The van der Waals surface area contributed by atoms with Crippen molar-refractivity contribution in [1.82, 2.24) is 0 Å². The summed E-state index contributed by atoms with van der Waals surface area (Å²) >= 11 is 0. The van der Waals surface area contributed by atoms with Crippen molar-refractivity contribution in [2.75, 3.05) is 6.61 Å². The highest BCUT2D eigenvalue weighted by molar-refractivity contribution is 5.47. The maximum absolute atomic E-state index is 10.1. The molecule has 3 heteroatoms. The summed E-state index contributed by atoms with van der Waals surface area (Å²) in [6.45, 7) is 2.31. The van der Waals surface area contributed by atoms with Gasteiger partial charge in [0.25, 0.3) is 0 Å². The molecule has 1 aliphatic rings. The van der Waals surface area contributed by atoms with Gasteiger partial charge in [-0.1, -0.05) is 91.0 Å². The Balaban J connectivity index is 1.79. The first-order chi connectivity index (χ1) is 13.7. The molecular formula is C25H26O3. The molecule has 144 valence electrons. The lowest BCUT2D eigenvalue weighted by Gasteiger charge is -2.36. The van der Waals surface area contributed by atoms with Crippen molar-refractivity contribution in [2.45, 2.75) is 37.3 Å². The Morgan fingerprint density at radius 2 is 1.25 bits per heavy atom. The molecule has 3 aromatic carbocycles. The summed E-state index contributed by atoms with van der Waals surface area (Å²) in [5.41, 5.74) is 2.46. The second-order valence-corrected chi connectivity index (χ2v) is 7.36. The van der Waals surface area contributed by atoms with E-state index in [2.05, 4.69) is 36.4 Å². The molecule has 0 saturated carbocycles. The molecule has 0 bridgehead atoms. The molecule has 0 spiro atoms. The monoisotopic (exact) mass is 374 g/mol. The summed E-state index contributed by atoms with van der Waals surface area (Å²) in [6.07, 6.45) is -0.128. The van der Waals surface area contributed by atoms with Gasteiger partial charge in [-0.15, -0.1) is 0 Å². The molecule has 3 nitrogen and oxygen atoms in total. The van der Waals surface area contributed by atoms with Gasteiger partial charge in [0.05, 0.1) is 24.9 Å². The highest BCUT2D eigenvalue weighted by Gasteiger charge is 2.40. The molecule has 0 aromatic heterocycles. The van der Waals surface area contributed by atoms with Crippen molar-refractivity contribution in [2.24, 2.45) is 0 Å². The molecule has 1 aliphatic heterocycles. The minimum absolute atomic E-state index is 0.125. The standard InChI is InChI=1S/C25H26O3/c1-19-24(26)17-23(28-19)18-27-25(20-11-5-2-6-12-20,21-13-7-3-8-14-21)22-15-9-4-10-16-22/h2-16,19,23-24,26H,17-18H2,1H3/t19-,23-,24+/m0/s1. The predicted molar refractivity (Wildman–Crippen MR) is 110 cm³/mol. The van der Waals surface area contributed by atoms with E-state index in [1.165, 1.54) is 0 Å². The molecule has 0 radical (unpaired) electrons. The Bertz CT molecular complexity index is 757. The van der Waals surface area contributed by atoms with E-state index in [0.29, 0.717) is 13.0 Å². The average Bonchev–Trinajstić information content (AvgIpc) is 3.08. The molecule has 0 aliphatic carbocycles. The van der Waals surface area contributed by atoms with Crippen molar-refractivity contribution in [3.8, 4) is 0 Å². The minimum atomic E-state index is -0.746. The zero-order valence-corrected chi connectivity index (χ0v) is 16.1. The maximum Gasteiger partial charge on any atom is 0.143 e. The van der Waals surface area contributed by atoms with Crippen LogP contribution in [0.15, 0.2) is 91.0 Å². The number of aliphatic hydroxyl groups excluding tert-OH is 1. The van der Waals surface area contributed by atoms with E-state index >= 15 is 0 Å². The van der Waals surface area contributed by atoms with Crippen molar-refractivity contribution >= 4 is 0 Å². The van der Waals surface area contributed by atoms with Gasteiger partial charge in [-0.05, 0) is 23.6 Å². The van der Waals surface area contributed by atoms with Crippen LogP contribution in [0.4, 0.5) is 0 Å². The Kier molecular flexibility index (Phi) is 5.58. The molecule has 0 amide bonds. The van der Waals surface area contributed by atoms with E-state index in [4.69, 9.17) is 9.47 Å². The molecule has 1 heterocycles. The number of aliphatic hydroxyl groups is 1. The van der Waals surface area contributed by atoms with Crippen LogP contribution in [0, 0.1) is 0 Å². The minimum Gasteiger partial charge on any atom is -0.390 e. The Hall–Kier alpha value is -2.46. The van der Waals surface area contributed by atoms with Gasteiger partial charge in [0.2, 0.25) is 0 Å². The second-order valence-electron chi connectivity index (χ2n) is 7.36. The molecule has 1 N–H and O–H groups in total. The maximum atomic E-state index is 10.1. The van der Waals surface area contributed by atoms with Crippen LogP contribution in [-0.4, -0.2) is 30.0 Å². The van der Waals surface area contributed by atoms with Crippen LogP contribution in [0.5, 0.6) is 0 Å². The largest absolute Gasteiger partial charge is 0.390 e. The van der Waals surface area contributed by atoms with Gasteiger partial charge in [0, 0.05) is 6.42 Å². The number of ether oxygens (including phenoxy) is 2. The lowest BCUT2D eigenvalue weighted by atomic mass is 9.80. The Morgan fingerprint density at radius 1 is 0.821 bits per heavy atom. The van der Waals surface area contributed by atoms with E-state index in [9.17, 15) is 5.11 Å². The number of hydrogen-bond donors (Lipinski definition) is 1. The summed E-state index contributed by atoms with van der Waals surface area (Å²) in [4.78, 5) is 0. The van der Waals surface area contributed by atoms with E-state index in [-0.39, 0.29) is 12.2 Å². The first-order valence-electron chi connectivity index (χ1n) is 9.84. The molecule has 28 heavy (non-hydrogen) atoms. The van der Waals surface area contributed by atoms with Crippen LogP contribution in [0.25, 0.3) is 0 Å². The van der Waals surface area contributed by atoms with Crippen molar-refractivity contribution in [3.63, 3.8) is 0 Å². The number of hydrogen-bond acceptors (Lipinski definition) is 3. The van der Waals surface area contributed by atoms with Gasteiger partial charge in [0.1, 0.15) is 5.60 Å². The number of benzene rings is 3. The smallest absolute Gasteiger partial charge is 0.143 e. The zero-order valence-electron chi connectivity index (χ0n) is 16.1. The van der Waals surface area contributed by atoms with Crippen LogP contribution >= 0.6 is 0 Å². The number of rotatable bonds is 6. The third-order valence-corrected chi connectivity index (χ3v) is 5.48. The molecule has 3 atom stereocenters. The van der Waals surface area contributed by atoms with E-state index in [1.54, 1.807) is 0 Å². The van der Waals surface area contributed by atoms with Gasteiger partial charge >= 0.3 is 0 Å². The molecule has 1 saturated heterocycles. The van der Waals surface area contributed by atoms with Crippen molar-refractivity contribution in [3.05, 3.63) is 108 Å². The fraction of sp³-hybridized carbons (Fsp3) is 0.280. The van der Waals surface area contributed by atoms with E-state index < -0.39 is 11.7 Å². The molecule has 4 rings (SSSR count). The molecular weight excluding hydrogens is 348 g/mol. The summed E-state index contributed by atoms with van der Waals surface area (Å²) in [5.74, 6) is 0. The summed E-state index contributed by atoms with van der Waals surface area (Å²) in [7, 11) is 0. The van der Waals surface area contributed by atoms with Gasteiger partial charge in [-0.3, -0.25) is 0 Å². The quantitative estimate of drug-likeness (QED) is 0.644. The van der Waals surface area contributed by atoms with E-state index in [0.717, 1.165) is 16.7 Å². The van der Waals surface area contributed by atoms with Gasteiger partial charge in [-0.2, -0.15) is 0 Å². The van der Waals surface area contributed by atoms with Crippen LogP contribution in [-0.2, 0) is 15.1 Å². The first-order valence-corrected chi connectivity index (χ1v) is 9.84. The molecule has 3 aromatic rings. The normalized spacial score (nSPS) is 22.3. The van der Waals surface area contributed by atoms with Crippen LogP contribution in [0.1, 0.15) is 30.0 Å². The lowest BCUT2D eigenvalue weighted by Crippen LogP contribution is -2.35. The van der Waals surface area contributed by atoms with E-state index in [1.807, 2.05) is 61.5 Å². The summed E-state index contributed by atoms with van der Waals surface area (Å²) in [5, 5.41) is 10.1. The molecule has 1 fully saturated rings. The fourth-order valence-electron chi connectivity index (χ4n) is 4.00. The Morgan fingerprint density at radius 3 is 1.61 bits per heavy atom. The second kappa shape index (κ2) is 8.27. The predicted octanol–water partition coefficient (Wildman–Crippen LogP) is 4.53. The highest BCUT2D eigenvalue weighted by Crippen LogP contribution is 2.41. The summed E-state index contributed by atoms with van der Waals surface area (Å²) < 4.78 is 12.6. The fourth-order valence-corrected chi connectivity index (χ4v) is 4.00. The highest BCUT2D eigenvalue weighted by atomic mass is 16.6. The zero-order chi connectivity index (χ0) is 19.4. The van der Waals surface area contributed by atoms with Crippen molar-refractivity contribution in [1.29, 1.82) is 0 Å². The van der Waals surface area contributed by atoms with Gasteiger partial charge in [0.15, 0.2) is 0 Å². The van der Waals surface area contributed by atoms with Crippen LogP contribution in [0.2, 0.25) is 0 Å². The first kappa shape index (κ1) is 18.9. The molecule has 0 unspecified atom stereocenters. The van der Waals surface area contributed by atoms with Gasteiger partial charge in [-0.25, -0.2) is 0 Å². The third kappa shape index (κ3) is 3.61. The Labute approximate surface area is 166 Å². The lowest BCUT2D eigenvalue weighted by molar-refractivity contribution is -0.0618. The SMILES string of the molecule is C[C@@H]1O[C@H](COC(c2ccccc2)(c2ccccc2)c2ccccc2)C[C@H]1O. The van der Waals surface area contributed by atoms with Crippen molar-refractivity contribution < 1.29 is 14.6 Å². The third-order valence-electron chi connectivity index (χ3n) is 5.48. The summed E-state index contributed by atoms with van der Waals surface area (Å²) in [6, 6.07) is 30.9. The van der Waals surface area contributed by atoms with Crippen LogP contribution < -0.4 is 0 Å².